The summed E-state index contributed by atoms with van der Waals surface area (Å²) in [4.78, 5) is 0.322. The fourth-order valence-corrected chi connectivity index (χ4v) is 3.19. The summed E-state index contributed by atoms with van der Waals surface area (Å²) in [7, 11) is -1.88. The van der Waals surface area contributed by atoms with Gasteiger partial charge in [0.25, 0.3) is 0 Å². The number of likely N-dealkylation sites (N-methyl/N-ethyl adjacent to an activating group) is 1. The fraction of sp³-hybridized carbons (Fsp3) is 0.571. The van der Waals surface area contributed by atoms with Crippen molar-refractivity contribution >= 4 is 22.4 Å². The Bertz CT molecular complexity index is 500. The van der Waals surface area contributed by atoms with E-state index in [0.29, 0.717) is 17.4 Å². The largest absolute Gasteiger partial charge is 0.329 e. The first kappa shape index (κ1) is 19.4. The molecule has 20 heavy (non-hydrogen) atoms. The van der Waals surface area contributed by atoms with Gasteiger partial charge in [-0.05, 0) is 37.0 Å². The summed E-state index contributed by atoms with van der Waals surface area (Å²) in [6, 6.07) is 6.90. The van der Waals surface area contributed by atoms with Gasteiger partial charge in [0, 0.05) is 19.6 Å². The predicted octanol–water partition coefficient (Wildman–Crippen LogP) is 2.27. The Morgan fingerprint density at radius 1 is 1.15 bits per heavy atom. The molecule has 6 heteroatoms. The Morgan fingerprint density at radius 2 is 1.65 bits per heavy atom. The van der Waals surface area contributed by atoms with E-state index in [2.05, 4.69) is 13.8 Å². The molecule has 0 amide bonds. The van der Waals surface area contributed by atoms with Crippen LogP contribution in [0, 0.1) is 5.92 Å². The standard InChI is InChI=1S/C14H24N2O2S.ClH/c1-11(2)9-13-5-7-14(8-6-13)19(17,18)16(4)12(3)10-15;/h5-8,11-12H,9-10,15H2,1-4H3;1H. The van der Waals surface area contributed by atoms with Crippen molar-refractivity contribution in [1.82, 2.24) is 4.31 Å². The maximum atomic E-state index is 12.3. The Labute approximate surface area is 128 Å². The van der Waals surface area contributed by atoms with E-state index in [1.807, 2.05) is 12.1 Å². The molecule has 0 radical (unpaired) electrons. The van der Waals surface area contributed by atoms with Crippen LogP contribution >= 0.6 is 12.4 Å². The molecule has 0 aliphatic heterocycles. The topological polar surface area (TPSA) is 63.4 Å². The van der Waals surface area contributed by atoms with Gasteiger partial charge in [-0.2, -0.15) is 4.31 Å². The van der Waals surface area contributed by atoms with Crippen molar-refractivity contribution in [2.45, 2.75) is 38.1 Å². The second-order valence-electron chi connectivity index (χ2n) is 5.35. The second kappa shape index (κ2) is 7.98. The first-order chi connectivity index (χ1) is 8.78. The van der Waals surface area contributed by atoms with Crippen molar-refractivity contribution in [2.75, 3.05) is 13.6 Å². The summed E-state index contributed by atoms with van der Waals surface area (Å²) < 4.78 is 26.0. The lowest BCUT2D eigenvalue weighted by molar-refractivity contribution is 0.394. The molecular weight excluding hydrogens is 296 g/mol. The summed E-state index contributed by atoms with van der Waals surface area (Å²) in [5.74, 6) is 0.558. The summed E-state index contributed by atoms with van der Waals surface area (Å²) >= 11 is 0. The van der Waals surface area contributed by atoms with Gasteiger partial charge in [0.1, 0.15) is 0 Å². The van der Waals surface area contributed by atoms with Gasteiger partial charge in [-0.3, -0.25) is 0 Å². The maximum Gasteiger partial charge on any atom is 0.243 e. The molecule has 0 aromatic heterocycles. The molecule has 116 valence electrons. The molecule has 0 aliphatic rings. The van der Waals surface area contributed by atoms with E-state index in [-0.39, 0.29) is 18.4 Å². The molecule has 0 saturated heterocycles. The third-order valence-electron chi connectivity index (χ3n) is 3.21. The van der Waals surface area contributed by atoms with E-state index in [1.165, 1.54) is 4.31 Å². The van der Waals surface area contributed by atoms with Crippen LogP contribution in [0.15, 0.2) is 29.2 Å². The van der Waals surface area contributed by atoms with Crippen molar-refractivity contribution in [1.29, 1.82) is 0 Å². The molecule has 0 bridgehead atoms. The maximum absolute atomic E-state index is 12.3. The molecule has 1 atom stereocenters. The molecule has 0 spiro atoms. The van der Waals surface area contributed by atoms with Crippen LogP contribution in [0.4, 0.5) is 0 Å². The van der Waals surface area contributed by atoms with Gasteiger partial charge in [0.15, 0.2) is 0 Å². The summed E-state index contributed by atoms with van der Waals surface area (Å²) in [6.07, 6.45) is 0.954. The molecule has 1 unspecified atom stereocenters. The molecule has 1 aromatic carbocycles. The van der Waals surface area contributed by atoms with Crippen LogP contribution in [0.2, 0.25) is 0 Å². The Kier molecular flexibility index (Phi) is 7.73. The molecule has 0 heterocycles. The van der Waals surface area contributed by atoms with Crippen molar-refractivity contribution in [3.05, 3.63) is 29.8 Å². The van der Waals surface area contributed by atoms with Crippen LogP contribution in [0.3, 0.4) is 0 Å². The lowest BCUT2D eigenvalue weighted by Crippen LogP contribution is -2.39. The zero-order valence-corrected chi connectivity index (χ0v) is 14.2. The van der Waals surface area contributed by atoms with Gasteiger partial charge in [0.05, 0.1) is 4.90 Å². The van der Waals surface area contributed by atoms with Gasteiger partial charge in [0.2, 0.25) is 10.0 Å². The van der Waals surface area contributed by atoms with Crippen molar-refractivity contribution in [3.63, 3.8) is 0 Å². The number of nitrogens with zero attached hydrogens (tertiary/aromatic N) is 1. The van der Waals surface area contributed by atoms with Crippen LogP contribution in [-0.2, 0) is 16.4 Å². The van der Waals surface area contributed by atoms with E-state index in [9.17, 15) is 8.42 Å². The third-order valence-corrected chi connectivity index (χ3v) is 5.19. The highest BCUT2D eigenvalue weighted by Gasteiger charge is 2.24. The number of hydrogen-bond acceptors (Lipinski definition) is 3. The lowest BCUT2D eigenvalue weighted by Gasteiger charge is -2.23. The quantitative estimate of drug-likeness (QED) is 0.874. The first-order valence-electron chi connectivity index (χ1n) is 6.56. The number of benzene rings is 1. The van der Waals surface area contributed by atoms with Crippen molar-refractivity contribution in [3.8, 4) is 0 Å². The van der Waals surface area contributed by atoms with Gasteiger partial charge in [-0.15, -0.1) is 12.4 Å². The van der Waals surface area contributed by atoms with Gasteiger partial charge in [-0.25, -0.2) is 8.42 Å². The highest BCUT2D eigenvalue weighted by atomic mass is 35.5. The Balaban J connectivity index is 0.00000361. The zero-order valence-electron chi connectivity index (χ0n) is 12.5. The van der Waals surface area contributed by atoms with Gasteiger partial charge < -0.3 is 5.73 Å². The minimum Gasteiger partial charge on any atom is -0.329 e. The van der Waals surface area contributed by atoms with Gasteiger partial charge in [-0.1, -0.05) is 26.0 Å². The van der Waals surface area contributed by atoms with Crippen molar-refractivity contribution < 1.29 is 8.42 Å². The summed E-state index contributed by atoms with van der Waals surface area (Å²) in [5.41, 5.74) is 6.68. The summed E-state index contributed by atoms with van der Waals surface area (Å²) in [6.45, 7) is 6.38. The van der Waals surface area contributed by atoms with Crippen LogP contribution in [0.5, 0.6) is 0 Å². The van der Waals surface area contributed by atoms with Crippen LogP contribution in [0.25, 0.3) is 0 Å². The van der Waals surface area contributed by atoms with E-state index >= 15 is 0 Å². The highest BCUT2D eigenvalue weighted by Crippen LogP contribution is 2.18. The smallest absolute Gasteiger partial charge is 0.243 e. The van der Waals surface area contributed by atoms with Crippen LogP contribution in [-0.4, -0.2) is 32.4 Å². The SMILES string of the molecule is CC(C)Cc1ccc(S(=O)(=O)N(C)C(C)CN)cc1.Cl. The van der Waals surface area contributed by atoms with Crippen LogP contribution < -0.4 is 5.73 Å². The van der Waals surface area contributed by atoms with E-state index in [1.54, 1.807) is 26.1 Å². The van der Waals surface area contributed by atoms with E-state index < -0.39 is 10.0 Å². The highest BCUT2D eigenvalue weighted by molar-refractivity contribution is 7.89. The first-order valence-corrected chi connectivity index (χ1v) is 8.00. The van der Waals surface area contributed by atoms with Crippen molar-refractivity contribution in [2.24, 2.45) is 11.7 Å². The molecule has 0 fully saturated rings. The number of halogens is 1. The van der Waals surface area contributed by atoms with E-state index in [4.69, 9.17) is 5.73 Å². The number of sulfonamides is 1. The molecular formula is C14H25ClN2O2S. The average Bonchev–Trinajstić information content (AvgIpc) is 2.36. The second-order valence-corrected chi connectivity index (χ2v) is 7.35. The molecule has 1 rings (SSSR count). The molecule has 0 aliphatic carbocycles. The third kappa shape index (κ3) is 4.74. The molecule has 2 N–H and O–H groups in total. The zero-order chi connectivity index (χ0) is 14.6. The number of rotatable bonds is 6. The number of nitrogens with two attached hydrogens (primary N) is 1. The molecule has 0 saturated carbocycles. The molecule has 4 nitrogen and oxygen atoms in total. The fourth-order valence-electron chi connectivity index (χ4n) is 1.82. The summed E-state index contributed by atoms with van der Waals surface area (Å²) in [5, 5.41) is 0. The van der Waals surface area contributed by atoms with E-state index in [0.717, 1.165) is 12.0 Å². The minimum atomic E-state index is -3.44. The van der Waals surface area contributed by atoms with Crippen LogP contribution in [0.1, 0.15) is 26.3 Å². The lowest BCUT2D eigenvalue weighted by atomic mass is 10.0. The van der Waals surface area contributed by atoms with Gasteiger partial charge >= 0.3 is 0 Å². The minimum absolute atomic E-state index is 0. The normalized spacial score (nSPS) is 13.3. The average molecular weight is 321 g/mol. The molecule has 1 aromatic rings. The monoisotopic (exact) mass is 320 g/mol. The Morgan fingerprint density at radius 3 is 2.05 bits per heavy atom. The Hall–Kier alpha value is -0.620. The predicted molar refractivity (Wildman–Crippen MR) is 85.7 cm³/mol. The number of hydrogen-bond donors (Lipinski definition) is 1.